The number of ether oxygens (including phenoxy) is 2. The topological polar surface area (TPSA) is 35.5 Å². The van der Waals surface area contributed by atoms with Gasteiger partial charge >= 0.3 is 5.97 Å². The molecule has 3 heteroatoms. The summed E-state index contributed by atoms with van der Waals surface area (Å²) in [6.45, 7) is 5.93. The van der Waals surface area contributed by atoms with Crippen LogP contribution in [0.2, 0.25) is 0 Å². The van der Waals surface area contributed by atoms with Crippen LogP contribution in [0.1, 0.15) is 37.8 Å². The van der Waals surface area contributed by atoms with E-state index in [0.29, 0.717) is 0 Å². The summed E-state index contributed by atoms with van der Waals surface area (Å²) in [5.41, 5.74) is 3.62. The van der Waals surface area contributed by atoms with E-state index in [1.165, 1.54) is 7.11 Å². The largest absolute Gasteiger partial charge is 0.483 e. The molecular formula is C21H22O3. The number of methoxy groups -OCH3 is 1. The molecule has 0 fully saturated rings. The van der Waals surface area contributed by atoms with E-state index in [1.807, 2.05) is 57.2 Å². The monoisotopic (exact) mass is 322 g/mol. The maximum atomic E-state index is 12.0. The summed E-state index contributed by atoms with van der Waals surface area (Å²) in [7, 11) is 1.42. The SMILES string of the molecule is COC(=O)C(C)c1cc2c(c(-c3ccccc3)c1)OC(C)(C)C=C2. The van der Waals surface area contributed by atoms with Crippen molar-refractivity contribution in [2.24, 2.45) is 0 Å². The third-order valence-electron chi connectivity index (χ3n) is 4.31. The van der Waals surface area contributed by atoms with Gasteiger partial charge in [-0.05, 0) is 50.1 Å². The molecule has 124 valence electrons. The van der Waals surface area contributed by atoms with Gasteiger partial charge in [0.15, 0.2) is 0 Å². The fraction of sp³-hybridized carbons (Fsp3) is 0.286. The molecule has 3 rings (SSSR count). The molecule has 0 radical (unpaired) electrons. The van der Waals surface area contributed by atoms with Gasteiger partial charge in [0, 0.05) is 11.1 Å². The summed E-state index contributed by atoms with van der Waals surface area (Å²) in [5, 5.41) is 0. The van der Waals surface area contributed by atoms with Crippen LogP contribution in [0.4, 0.5) is 0 Å². The number of esters is 1. The highest BCUT2D eigenvalue weighted by atomic mass is 16.5. The van der Waals surface area contributed by atoms with Gasteiger partial charge in [-0.25, -0.2) is 0 Å². The predicted octanol–water partition coefficient (Wildman–Crippen LogP) is 4.81. The van der Waals surface area contributed by atoms with Gasteiger partial charge in [0.25, 0.3) is 0 Å². The van der Waals surface area contributed by atoms with Crippen LogP contribution in [0.25, 0.3) is 17.2 Å². The smallest absolute Gasteiger partial charge is 0.312 e. The van der Waals surface area contributed by atoms with Crippen molar-refractivity contribution in [3.8, 4) is 16.9 Å². The first-order valence-corrected chi connectivity index (χ1v) is 8.11. The second-order valence-electron chi connectivity index (χ2n) is 6.64. The predicted molar refractivity (Wildman–Crippen MR) is 96.1 cm³/mol. The van der Waals surface area contributed by atoms with Crippen molar-refractivity contribution in [2.45, 2.75) is 32.3 Å². The number of benzene rings is 2. The second-order valence-corrected chi connectivity index (χ2v) is 6.64. The van der Waals surface area contributed by atoms with Crippen LogP contribution < -0.4 is 4.74 Å². The van der Waals surface area contributed by atoms with E-state index in [9.17, 15) is 4.79 Å². The number of hydrogen-bond acceptors (Lipinski definition) is 3. The zero-order chi connectivity index (χ0) is 17.3. The minimum Gasteiger partial charge on any atom is -0.483 e. The van der Waals surface area contributed by atoms with Gasteiger partial charge in [0.2, 0.25) is 0 Å². The number of rotatable bonds is 3. The molecule has 2 aromatic rings. The third kappa shape index (κ3) is 3.07. The molecule has 0 amide bonds. The summed E-state index contributed by atoms with van der Waals surface area (Å²) < 4.78 is 11.1. The molecule has 0 saturated carbocycles. The van der Waals surface area contributed by atoms with Crippen molar-refractivity contribution >= 4 is 12.0 Å². The molecule has 0 spiro atoms. The molecule has 0 saturated heterocycles. The van der Waals surface area contributed by atoms with Crippen molar-refractivity contribution in [1.82, 2.24) is 0 Å². The number of carbonyl (C=O) groups excluding carboxylic acids is 1. The summed E-state index contributed by atoms with van der Waals surface area (Å²) in [6.07, 6.45) is 4.11. The highest BCUT2D eigenvalue weighted by Crippen LogP contribution is 2.41. The van der Waals surface area contributed by atoms with Crippen LogP contribution in [0.15, 0.2) is 48.5 Å². The van der Waals surface area contributed by atoms with E-state index in [2.05, 4.69) is 18.2 Å². The summed E-state index contributed by atoms with van der Waals surface area (Å²) in [4.78, 5) is 12.0. The Bertz CT molecular complexity index is 788. The number of fused-ring (bicyclic) bond motifs is 1. The maximum absolute atomic E-state index is 12.0. The normalized spacial score (nSPS) is 16.0. The molecule has 1 unspecified atom stereocenters. The Kier molecular flexibility index (Phi) is 4.18. The molecule has 0 aromatic heterocycles. The van der Waals surface area contributed by atoms with Gasteiger partial charge in [-0.15, -0.1) is 0 Å². The summed E-state index contributed by atoms with van der Waals surface area (Å²) in [6, 6.07) is 14.1. The molecule has 0 bridgehead atoms. The zero-order valence-electron chi connectivity index (χ0n) is 14.5. The molecule has 3 nitrogen and oxygen atoms in total. The van der Waals surface area contributed by atoms with E-state index < -0.39 is 0 Å². The Labute approximate surface area is 142 Å². The van der Waals surface area contributed by atoms with Crippen molar-refractivity contribution in [3.63, 3.8) is 0 Å². The van der Waals surface area contributed by atoms with Crippen LogP contribution in [0, 0.1) is 0 Å². The van der Waals surface area contributed by atoms with E-state index in [4.69, 9.17) is 9.47 Å². The Hall–Kier alpha value is -2.55. The molecule has 0 aliphatic carbocycles. The fourth-order valence-corrected chi connectivity index (χ4v) is 2.89. The molecule has 24 heavy (non-hydrogen) atoms. The Morgan fingerprint density at radius 2 is 1.88 bits per heavy atom. The van der Waals surface area contributed by atoms with E-state index in [1.54, 1.807) is 0 Å². The highest BCUT2D eigenvalue weighted by Gasteiger charge is 2.27. The molecule has 1 aliphatic rings. The first-order chi connectivity index (χ1) is 11.4. The van der Waals surface area contributed by atoms with Crippen LogP contribution in [0.3, 0.4) is 0 Å². The quantitative estimate of drug-likeness (QED) is 0.760. The van der Waals surface area contributed by atoms with E-state index in [-0.39, 0.29) is 17.5 Å². The van der Waals surface area contributed by atoms with Gasteiger partial charge < -0.3 is 9.47 Å². The van der Waals surface area contributed by atoms with E-state index >= 15 is 0 Å². The van der Waals surface area contributed by atoms with Gasteiger partial charge in [-0.1, -0.05) is 36.4 Å². The van der Waals surface area contributed by atoms with Crippen molar-refractivity contribution < 1.29 is 14.3 Å². The molecule has 1 heterocycles. The molecule has 2 aromatic carbocycles. The summed E-state index contributed by atoms with van der Waals surface area (Å²) in [5.74, 6) is 0.288. The van der Waals surface area contributed by atoms with Crippen LogP contribution in [-0.4, -0.2) is 18.7 Å². The average molecular weight is 322 g/mol. The van der Waals surface area contributed by atoms with Gasteiger partial charge in [0.05, 0.1) is 13.0 Å². The van der Waals surface area contributed by atoms with Crippen molar-refractivity contribution in [3.05, 3.63) is 59.7 Å². The van der Waals surface area contributed by atoms with Crippen LogP contribution >= 0.6 is 0 Å². The second kappa shape index (κ2) is 6.16. The molecule has 1 atom stereocenters. The maximum Gasteiger partial charge on any atom is 0.312 e. The van der Waals surface area contributed by atoms with Crippen molar-refractivity contribution in [1.29, 1.82) is 0 Å². The lowest BCUT2D eigenvalue weighted by molar-refractivity contribution is -0.141. The Morgan fingerprint density at radius 1 is 1.17 bits per heavy atom. The third-order valence-corrected chi connectivity index (χ3v) is 4.31. The Balaban J connectivity index is 2.19. The lowest BCUT2D eigenvalue weighted by Crippen LogP contribution is -2.28. The number of hydrogen-bond donors (Lipinski definition) is 0. The highest BCUT2D eigenvalue weighted by molar-refractivity contribution is 5.83. The lowest BCUT2D eigenvalue weighted by Gasteiger charge is -2.30. The van der Waals surface area contributed by atoms with Crippen LogP contribution in [0.5, 0.6) is 5.75 Å². The van der Waals surface area contributed by atoms with Crippen molar-refractivity contribution in [2.75, 3.05) is 7.11 Å². The van der Waals surface area contributed by atoms with E-state index in [0.717, 1.165) is 28.0 Å². The number of carbonyl (C=O) groups is 1. The first kappa shape index (κ1) is 16.3. The lowest BCUT2D eigenvalue weighted by atomic mass is 9.90. The fourth-order valence-electron chi connectivity index (χ4n) is 2.89. The van der Waals surface area contributed by atoms with Gasteiger partial charge in [0.1, 0.15) is 11.4 Å². The summed E-state index contributed by atoms with van der Waals surface area (Å²) >= 11 is 0. The first-order valence-electron chi connectivity index (χ1n) is 8.11. The zero-order valence-corrected chi connectivity index (χ0v) is 14.5. The molecule has 0 N–H and O–H groups in total. The molecular weight excluding hydrogens is 300 g/mol. The Morgan fingerprint density at radius 3 is 2.54 bits per heavy atom. The van der Waals surface area contributed by atoms with Gasteiger partial charge in [-0.3, -0.25) is 4.79 Å². The van der Waals surface area contributed by atoms with Crippen LogP contribution in [-0.2, 0) is 9.53 Å². The minimum absolute atomic E-state index is 0.241. The standard InChI is InChI=1S/C21H22O3/c1-14(20(22)23-4)17-12-16-10-11-21(2,3)24-19(16)18(13-17)15-8-6-5-7-9-15/h5-14H,1-4H3. The minimum atomic E-state index is -0.355. The van der Waals surface area contributed by atoms with Gasteiger partial charge in [-0.2, -0.15) is 0 Å². The molecule has 1 aliphatic heterocycles. The average Bonchev–Trinajstić information content (AvgIpc) is 2.59.